The van der Waals surface area contributed by atoms with Gasteiger partial charge in [0, 0.05) is 59.7 Å². The van der Waals surface area contributed by atoms with E-state index in [1.807, 2.05) is 29.8 Å². The van der Waals surface area contributed by atoms with Crippen LogP contribution in [0.3, 0.4) is 0 Å². The number of piperazine rings is 1. The summed E-state index contributed by atoms with van der Waals surface area (Å²) in [6.07, 6.45) is 0. The third-order valence-electron chi connectivity index (χ3n) is 6.20. The molecule has 0 saturated carbocycles. The van der Waals surface area contributed by atoms with Crippen molar-refractivity contribution < 1.29 is 0 Å². The number of nitrogens with one attached hydrogen (secondary N) is 1. The molecule has 5 rings (SSSR count). The molecule has 0 aliphatic carbocycles. The summed E-state index contributed by atoms with van der Waals surface area (Å²) in [6.45, 7) is 11.9. The highest BCUT2D eigenvalue weighted by Crippen LogP contribution is 2.34. The summed E-state index contributed by atoms with van der Waals surface area (Å²) in [5.74, 6) is 2.95. The van der Waals surface area contributed by atoms with Gasteiger partial charge in [-0.1, -0.05) is 19.9 Å². The Bertz CT molecular complexity index is 1320. The van der Waals surface area contributed by atoms with E-state index in [1.54, 1.807) is 22.7 Å². The Kier molecular flexibility index (Phi) is 6.03. The van der Waals surface area contributed by atoms with Crippen LogP contribution in [0.15, 0.2) is 33.8 Å². The zero-order valence-electron chi connectivity index (χ0n) is 19.3. The van der Waals surface area contributed by atoms with Gasteiger partial charge in [0.1, 0.15) is 22.3 Å². The minimum Gasteiger partial charge on any atom is -0.354 e. The summed E-state index contributed by atoms with van der Waals surface area (Å²) >= 11 is 3.18. The van der Waals surface area contributed by atoms with Crippen LogP contribution in [0.1, 0.15) is 50.1 Å². The molecule has 1 N–H and O–H groups in total. The molecule has 7 nitrogen and oxygen atoms in total. The van der Waals surface area contributed by atoms with Gasteiger partial charge in [-0.05, 0) is 25.3 Å². The van der Waals surface area contributed by atoms with Crippen molar-refractivity contribution in [2.24, 2.45) is 0 Å². The Morgan fingerprint density at radius 2 is 1.85 bits per heavy atom. The number of aryl methyl sites for hydroxylation is 1. The Morgan fingerprint density at radius 3 is 2.55 bits per heavy atom. The van der Waals surface area contributed by atoms with Crippen molar-refractivity contribution in [1.82, 2.24) is 24.8 Å². The number of aromatic nitrogens is 4. The van der Waals surface area contributed by atoms with Crippen LogP contribution in [0.2, 0.25) is 0 Å². The second-order valence-electron chi connectivity index (χ2n) is 8.84. The third-order valence-corrected chi connectivity index (χ3v) is 7.98. The maximum absolute atomic E-state index is 13.0. The molecule has 5 heterocycles. The van der Waals surface area contributed by atoms with Crippen LogP contribution in [-0.2, 0) is 0 Å². The van der Waals surface area contributed by atoms with Crippen molar-refractivity contribution >= 4 is 38.7 Å². The maximum atomic E-state index is 13.0. The molecule has 1 aliphatic rings. The van der Waals surface area contributed by atoms with E-state index in [2.05, 4.69) is 46.6 Å². The van der Waals surface area contributed by atoms with E-state index < -0.39 is 0 Å². The first-order valence-corrected chi connectivity index (χ1v) is 13.1. The molecule has 1 aliphatic heterocycles. The standard InChI is InChI=1S/C24H28N6OS2/c1-14(2)21-25-15(3)12-19(26-21)30-9-7-29(8-10-30)16(4)22-27-23(31)20-17(13-33-24(20)28-22)18-6-5-11-32-18/h5-6,11-14,16H,7-10H2,1-4H3,(H,27,28,31)/t16-/m0/s1. The van der Waals surface area contributed by atoms with Gasteiger partial charge in [0.2, 0.25) is 0 Å². The highest BCUT2D eigenvalue weighted by Gasteiger charge is 2.26. The lowest BCUT2D eigenvalue weighted by atomic mass is 10.2. The number of anilines is 1. The predicted molar refractivity (Wildman–Crippen MR) is 137 cm³/mol. The van der Waals surface area contributed by atoms with E-state index in [4.69, 9.17) is 9.97 Å². The third kappa shape index (κ3) is 4.32. The molecular weight excluding hydrogens is 452 g/mol. The average molecular weight is 481 g/mol. The van der Waals surface area contributed by atoms with Gasteiger partial charge in [-0.3, -0.25) is 9.69 Å². The van der Waals surface area contributed by atoms with Crippen LogP contribution in [0, 0.1) is 6.92 Å². The molecule has 1 fully saturated rings. The minimum absolute atomic E-state index is 0.0369. The zero-order valence-corrected chi connectivity index (χ0v) is 21.0. The summed E-state index contributed by atoms with van der Waals surface area (Å²) in [4.78, 5) is 36.9. The minimum atomic E-state index is -0.0530. The van der Waals surface area contributed by atoms with Gasteiger partial charge in [-0.15, -0.1) is 22.7 Å². The SMILES string of the molecule is Cc1cc(N2CCN([C@@H](C)c3nc4scc(-c5cccs5)c4c(=O)[nH]3)CC2)nc(C(C)C)n1. The van der Waals surface area contributed by atoms with Crippen LogP contribution in [0.4, 0.5) is 5.82 Å². The molecule has 9 heteroatoms. The van der Waals surface area contributed by atoms with E-state index in [1.165, 1.54) is 0 Å². The summed E-state index contributed by atoms with van der Waals surface area (Å²) in [5, 5.41) is 4.77. The molecule has 0 bridgehead atoms. The van der Waals surface area contributed by atoms with Crippen LogP contribution in [-0.4, -0.2) is 51.0 Å². The number of fused-ring (bicyclic) bond motifs is 1. The molecule has 0 aromatic carbocycles. The first kappa shape index (κ1) is 22.2. The van der Waals surface area contributed by atoms with E-state index in [0.29, 0.717) is 11.3 Å². The monoisotopic (exact) mass is 480 g/mol. The number of aromatic amines is 1. The molecule has 1 saturated heterocycles. The van der Waals surface area contributed by atoms with Crippen LogP contribution in [0.25, 0.3) is 20.7 Å². The van der Waals surface area contributed by atoms with Crippen LogP contribution in [0.5, 0.6) is 0 Å². The number of hydrogen-bond acceptors (Lipinski definition) is 8. The van der Waals surface area contributed by atoms with Gasteiger partial charge in [-0.2, -0.15) is 0 Å². The summed E-state index contributed by atoms with van der Waals surface area (Å²) in [5.41, 5.74) is 1.93. The van der Waals surface area contributed by atoms with E-state index in [0.717, 1.165) is 64.6 Å². The molecule has 4 aromatic heterocycles. The molecule has 172 valence electrons. The number of rotatable bonds is 5. The fourth-order valence-corrected chi connectivity index (χ4v) is 6.05. The largest absolute Gasteiger partial charge is 0.354 e. The highest BCUT2D eigenvalue weighted by atomic mass is 32.1. The maximum Gasteiger partial charge on any atom is 0.260 e. The predicted octanol–water partition coefficient (Wildman–Crippen LogP) is 4.82. The quantitative estimate of drug-likeness (QED) is 0.441. The first-order chi connectivity index (χ1) is 15.9. The molecule has 0 amide bonds. The van der Waals surface area contributed by atoms with Gasteiger partial charge in [0.05, 0.1) is 11.4 Å². The van der Waals surface area contributed by atoms with Gasteiger partial charge in [-0.25, -0.2) is 15.0 Å². The average Bonchev–Trinajstić information content (AvgIpc) is 3.48. The van der Waals surface area contributed by atoms with Crippen molar-refractivity contribution in [2.45, 2.75) is 39.7 Å². The lowest BCUT2D eigenvalue weighted by molar-refractivity contribution is 0.191. The number of thiophene rings is 2. The molecule has 0 radical (unpaired) electrons. The van der Waals surface area contributed by atoms with E-state index in [-0.39, 0.29) is 11.6 Å². The number of nitrogens with zero attached hydrogens (tertiary/aromatic N) is 5. The number of H-pyrrole nitrogens is 1. The van der Waals surface area contributed by atoms with Gasteiger partial charge >= 0.3 is 0 Å². The Hall–Kier alpha value is -2.62. The van der Waals surface area contributed by atoms with Crippen LogP contribution >= 0.6 is 22.7 Å². The molecule has 4 aromatic rings. The Balaban J connectivity index is 1.33. The van der Waals surface area contributed by atoms with Crippen molar-refractivity contribution in [3.8, 4) is 10.4 Å². The smallest absolute Gasteiger partial charge is 0.260 e. The molecule has 33 heavy (non-hydrogen) atoms. The summed E-state index contributed by atoms with van der Waals surface area (Å²) in [6, 6.07) is 6.16. The fraction of sp³-hybridized carbons (Fsp3) is 0.417. The summed E-state index contributed by atoms with van der Waals surface area (Å²) < 4.78 is 0. The van der Waals surface area contributed by atoms with Crippen LogP contribution < -0.4 is 10.5 Å². The Labute approximate surface area is 201 Å². The van der Waals surface area contributed by atoms with Crippen molar-refractivity contribution in [3.05, 3.63) is 56.7 Å². The second kappa shape index (κ2) is 8.96. The fourth-order valence-electron chi connectivity index (χ4n) is 4.28. The van der Waals surface area contributed by atoms with Crippen molar-refractivity contribution in [1.29, 1.82) is 0 Å². The molecule has 0 unspecified atom stereocenters. The number of hydrogen-bond donors (Lipinski definition) is 1. The topological polar surface area (TPSA) is 78.0 Å². The molecular formula is C24H28N6OS2. The van der Waals surface area contributed by atoms with E-state index >= 15 is 0 Å². The van der Waals surface area contributed by atoms with Crippen molar-refractivity contribution in [2.75, 3.05) is 31.1 Å². The lowest BCUT2D eigenvalue weighted by Gasteiger charge is -2.38. The first-order valence-electron chi connectivity index (χ1n) is 11.3. The van der Waals surface area contributed by atoms with Gasteiger partial charge < -0.3 is 9.88 Å². The normalized spacial score (nSPS) is 16.1. The molecule has 0 spiro atoms. The van der Waals surface area contributed by atoms with Gasteiger partial charge in [0.15, 0.2) is 0 Å². The second-order valence-corrected chi connectivity index (χ2v) is 10.6. The highest BCUT2D eigenvalue weighted by molar-refractivity contribution is 7.18. The van der Waals surface area contributed by atoms with Crippen molar-refractivity contribution in [3.63, 3.8) is 0 Å². The zero-order chi connectivity index (χ0) is 23.1. The van der Waals surface area contributed by atoms with Gasteiger partial charge in [0.25, 0.3) is 5.56 Å². The summed E-state index contributed by atoms with van der Waals surface area (Å²) in [7, 11) is 0. The molecule has 1 atom stereocenters. The Morgan fingerprint density at radius 1 is 1.06 bits per heavy atom. The van der Waals surface area contributed by atoms with E-state index in [9.17, 15) is 4.79 Å². The lowest BCUT2D eigenvalue weighted by Crippen LogP contribution is -2.48.